The first-order valence-corrected chi connectivity index (χ1v) is 7.05. The number of morpholine rings is 1. The Morgan fingerprint density at radius 1 is 1.26 bits per heavy atom. The molecule has 0 amide bonds. The molecule has 1 aliphatic rings. The molecule has 0 unspecified atom stereocenters. The lowest BCUT2D eigenvalue weighted by Gasteiger charge is -2.26. The average molecular weight is 277 g/mol. The molecule has 0 saturated carbocycles. The molecule has 7 heteroatoms. The number of anilines is 2. The second-order valence-corrected chi connectivity index (χ2v) is 5.06. The van der Waals surface area contributed by atoms with Crippen molar-refractivity contribution in [3.8, 4) is 10.7 Å². The summed E-state index contributed by atoms with van der Waals surface area (Å²) in [7, 11) is 1.82. The maximum absolute atomic E-state index is 5.35. The molecule has 100 valence electrons. The molecule has 0 spiro atoms. The minimum absolute atomic E-state index is 0.597. The summed E-state index contributed by atoms with van der Waals surface area (Å²) < 4.78 is 5.35. The molecular weight excluding hydrogens is 262 g/mol. The SMILES string of the molecule is CNc1nc(-c2cccs2)nc(N2CCOCC2)n1. The maximum atomic E-state index is 5.35. The molecule has 1 aliphatic heterocycles. The monoisotopic (exact) mass is 277 g/mol. The van der Waals surface area contributed by atoms with Gasteiger partial charge in [-0.15, -0.1) is 11.3 Å². The van der Waals surface area contributed by atoms with Crippen molar-refractivity contribution in [1.29, 1.82) is 0 Å². The number of hydrogen-bond donors (Lipinski definition) is 1. The van der Waals surface area contributed by atoms with Crippen molar-refractivity contribution in [2.24, 2.45) is 0 Å². The van der Waals surface area contributed by atoms with Crippen molar-refractivity contribution in [3.05, 3.63) is 17.5 Å². The van der Waals surface area contributed by atoms with E-state index in [4.69, 9.17) is 4.74 Å². The Bertz CT molecular complexity index is 539. The highest BCUT2D eigenvalue weighted by molar-refractivity contribution is 7.13. The predicted octanol–water partition coefficient (Wildman–Crippen LogP) is 1.48. The molecule has 6 nitrogen and oxygen atoms in total. The molecule has 0 bridgehead atoms. The first-order valence-electron chi connectivity index (χ1n) is 6.17. The smallest absolute Gasteiger partial charge is 0.230 e. The van der Waals surface area contributed by atoms with Crippen LogP contribution >= 0.6 is 11.3 Å². The number of aromatic nitrogens is 3. The number of hydrogen-bond acceptors (Lipinski definition) is 7. The summed E-state index contributed by atoms with van der Waals surface area (Å²) in [5, 5.41) is 5.01. The molecule has 0 aromatic carbocycles. The van der Waals surface area contributed by atoms with Gasteiger partial charge in [-0.25, -0.2) is 0 Å². The Morgan fingerprint density at radius 2 is 2.11 bits per heavy atom. The highest BCUT2D eigenvalue weighted by atomic mass is 32.1. The molecule has 3 heterocycles. The van der Waals surface area contributed by atoms with E-state index in [-0.39, 0.29) is 0 Å². The molecule has 2 aromatic heterocycles. The van der Waals surface area contributed by atoms with Crippen molar-refractivity contribution in [3.63, 3.8) is 0 Å². The third-order valence-corrected chi connectivity index (χ3v) is 3.75. The zero-order valence-electron chi connectivity index (χ0n) is 10.7. The van der Waals surface area contributed by atoms with Crippen molar-refractivity contribution >= 4 is 23.2 Å². The van der Waals surface area contributed by atoms with Gasteiger partial charge in [0.2, 0.25) is 11.9 Å². The zero-order valence-corrected chi connectivity index (χ0v) is 11.5. The first-order chi connectivity index (χ1) is 9.36. The van der Waals surface area contributed by atoms with E-state index in [2.05, 4.69) is 25.2 Å². The zero-order chi connectivity index (χ0) is 13.1. The molecule has 2 aromatic rings. The predicted molar refractivity (Wildman–Crippen MR) is 75.7 cm³/mol. The molecule has 0 radical (unpaired) electrons. The fourth-order valence-corrected chi connectivity index (χ4v) is 2.55. The van der Waals surface area contributed by atoms with Crippen LogP contribution in [0.5, 0.6) is 0 Å². The number of rotatable bonds is 3. The maximum Gasteiger partial charge on any atom is 0.230 e. The Balaban J connectivity index is 1.97. The van der Waals surface area contributed by atoms with Crippen molar-refractivity contribution in [2.75, 3.05) is 43.6 Å². The Hall–Kier alpha value is -1.73. The second-order valence-electron chi connectivity index (χ2n) is 4.11. The van der Waals surface area contributed by atoms with Gasteiger partial charge in [-0.1, -0.05) is 6.07 Å². The molecule has 0 aliphatic carbocycles. The van der Waals surface area contributed by atoms with Crippen LogP contribution in [0.1, 0.15) is 0 Å². The van der Waals surface area contributed by atoms with E-state index in [0.29, 0.717) is 11.9 Å². The summed E-state index contributed by atoms with van der Waals surface area (Å²) in [5.74, 6) is 2.03. The van der Waals surface area contributed by atoms with Crippen molar-refractivity contribution < 1.29 is 4.74 Å². The number of nitrogens with one attached hydrogen (secondary N) is 1. The number of thiophene rings is 1. The summed E-state index contributed by atoms with van der Waals surface area (Å²) >= 11 is 1.63. The fraction of sp³-hybridized carbons (Fsp3) is 0.417. The van der Waals surface area contributed by atoms with Gasteiger partial charge in [0.05, 0.1) is 18.1 Å². The number of nitrogens with zero attached hydrogens (tertiary/aromatic N) is 4. The molecule has 3 rings (SSSR count). The largest absolute Gasteiger partial charge is 0.378 e. The standard InChI is InChI=1S/C12H15N5OS/c1-13-11-14-10(9-3-2-8-19-9)15-12(16-11)17-4-6-18-7-5-17/h2-3,8H,4-7H2,1H3,(H,13,14,15,16). The van der Waals surface area contributed by atoms with Crippen LogP contribution in [0.25, 0.3) is 10.7 Å². The van der Waals surface area contributed by atoms with E-state index >= 15 is 0 Å². The van der Waals surface area contributed by atoms with Gasteiger partial charge in [0, 0.05) is 20.1 Å². The van der Waals surface area contributed by atoms with E-state index in [9.17, 15) is 0 Å². The van der Waals surface area contributed by atoms with E-state index < -0.39 is 0 Å². The second kappa shape index (κ2) is 5.50. The molecule has 1 saturated heterocycles. The van der Waals surface area contributed by atoms with E-state index in [1.54, 1.807) is 11.3 Å². The molecule has 0 atom stereocenters. The summed E-state index contributed by atoms with van der Waals surface area (Å²) in [6, 6.07) is 4.01. The molecular formula is C12H15N5OS. The van der Waals surface area contributed by atoms with E-state index in [1.807, 2.05) is 24.6 Å². The van der Waals surface area contributed by atoms with Crippen LogP contribution in [-0.4, -0.2) is 48.3 Å². The normalized spacial score (nSPS) is 15.5. The van der Waals surface area contributed by atoms with Gasteiger partial charge < -0.3 is 15.0 Å². The third kappa shape index (κ3) is 2.66. The summed E-state index contributed by atoms with van der Waals surface area (Å²) in [4.78, 5) is 16.6. The highest BCUT2D eigenvalue weighted by Gasteiger charge is 2.17. The lowest BCUT2D eigenvalue weighted by atomic mass is 10.4. The topological polar surface area (TPSA) is 63.2 Å². The van der Waals surface area contributed by atoms with Crippen LogP contribution < -0.4 is 10.2 Å². The first kappa shape index (κ1) is 12.3. The van der Waals surface area contributed by atoms with Gasteiger partial charge in [0.25, 0.3) is 0 Å². The van der Waals surface area contributed by atoms with Crippen LogP contribution in [0.15, 0.2) is 17.5 Å². The molecule has 1 N–H and O–H groups in total. The van der Waals surface area contributed by atoms with Gasteiger partial charge in [0.1, 0.15) is 0 Å². The number of ether oxygens (including phenoxy) is 1. The van der Waals surface area contributed by atoms with Crippen LogP contribution in [0.2, 0.25) is 0 Å². The molecule has 1 fully saturated rings. The van der Waals surface area contributed by atoms with Gasteiger partial charge in [-0.3, -0.25) is 0 Å². The Kier molecular flexibility index (Phi) is 3.56. The van der Waals surface area contributed by atoms with Gasteiger partial charge in [-0.2, -0.15) is 15.0 Å². The van der Waals surface area contributed by atoms with Crippen LogP contribution in [0, 0.1) is 0 Å². The van der Waals surface area contributed by atoms with E-state index in [1.165, 1.54) is 0 Å². The summed E-state index contributed by atoms with van der Waals surface area (Å²) in [5.41, 5.74) is 0. The third-order valence-electron chi connectivity index (χ3n) is 2.88. The van der Waals surface area contributed by atoms with Crippen molar-refractivity contribution in [1.82, 2.24) is 15.0 Å². The van der Waals surface area contributed by atoms with Gasteiger partial charge in [0.15, 0.2) is 5.82 Å². The van der Waals surface area contributed by atoms with Gasteiger partial charge >= 0.3 is 0 Å². The van der Waals surface area contributed by atoms with E-state index in [0.717, 1.165) is 37.0 Å². The lowest BCUT2D eigenvalue weighted by molar-refractivity contribution is 0.122. The average Bonchev–Trinajstić information content (AvgIpc) is 3.02. The van der Waals surface area contributed by atoms with Gasteiger partial charge in [-0.05, 0) is 11.4 Å². The van der Waals surface area contributed by atoms with Crippen molar-refractivity contribution in [2.45, 2.75) is 0 Å². The van der Waals surface area contributed by atoms with Crippen LogP contribution in [0.4, 0.5) is 11.9 Å². The minimum Gasteiger partial charge on any atom is -0.378 e. The highest BCUT2D eigenvalue weighted by Crippen LogP contribution is 2.24. The lowest BCUT2D eigenvalue weighted by Crippen LogP contribution is -2.37. The molecule has 19 heavy (non-hydrogen) atoms. The Morgan fingerprint density at radius 3 is 2.79 bits per heavy atom. The quantitative estimate of drug-likeness (QED) is 0.917. The van der Waals surface area contributed by atoms with Crippen LogP contribution in [0.3, 0.4) is 0 Å². The van der Waals surface area contributed by atoms with Crippen LogP contribution in [-0.2, 0) is 4.74 Å². The minimum atomic E-state index is 0.597. The summed E-state index contributed by atoms with van der Waals surface area (Å²) in [6.07, 6.45) is 0. The Labute approximate surface area is 115 Å². The fourth-order valence-electron chi connectivity index (χ4n) is 1.90. The summed E-state index contributed by atoms with van der Waals surface area (Å²) in [6.45, 7) is 3.07.